The van der Waals surface area contributed by atoms with Gasteiger partial charge in [0.25, 0.3) is 0 Å². The number of aryl methyl sites for hydroxylation is 3. The first-order valence-corrected chi connectivity index (χ1v) is 12.4. The van der Waals surface area contributed by atoms with Crippen LogP contribution in [0.25, 0.3) is 0 Å². The molecule has 1 radical (unpaired) electrons. The van der Waals surface area contributed by atoms with E-state index in [1.54, 1.807) is 0 Å². The number of rotatable bonds is 18. The molecular formula is C26H47N2. The summed E-state index contributed by atoms with van der Waals surface area (Å²) in [6, 6.07) is 0. The summed E-state index contributed by atoms with van der Waals surface area (Å²) in [5.74, 6) is 1.08. The van der Waals surface area contributed by atoms with E-state index >= 15 is 0 Å². The minimum absolute atomic E-state index is 0.972. The number of unbranched alkanes of at least 4 members (excludes halogenated alkanes) is 10. The molecule has 0 saturated carbocycles. The van der Waals surface area contributed by atoms with Crippen molar-refractivity contribution in [3.63, 3.8) is 0 Å². The quantitative estimate of drug-likeness (QED) is 0.238. The molecule has 0 amide bonds. The van der Waals surface area contributed by atoms with Crippen molar-refractivity contribution in [3.05, 3.63) is 29.7 Å². The fourth-order valence-electron chi connectivity index (χ4n) is 3.90. The summed E-state index contributed by atoms with van der Waals surface area (Å²) in [5.41, 5.74) is 4.28. The van der Waals surface area contributed by atoms with E-state index in [2.05, 4.69) is 27.7 Å². The second kappa shape index (κ2) is 17.0. The molecule has 0 aliphatic heterocycles. The third kappa shape index (κ3) is 10.6. The highest BCUT2D eigenvalue weighted by molar-refractivity contribution is 5.27. The van der Waals surface area contributed by atoms with Crippen LogP contribution in [0.1, 0.15) is 133 Å². The van der Waals surface area contributed by atoms with Crippen molar-refractivity contribution in [1.82, 2.24) is 9.97 Å². The largest absolute Gasteiger partial charge is 0.238 e. The molecule has 0 spiro atoms. The Hall–Kier alpha value is -0.920. The molecule has 1 heterocycles. The molecule has 0 aliphatic rings. The van der Waals surface area contributed by atoms with Crippen molar-refractivity contribution in [2.75, 3.05) is 0 Å². The van der Waals surface area contributed by atoms with Crippen molar-refractivity contribution >= 4 is 0 Å². The average Bonchev–Trinajstić information content (AvgIpc) is 2.71. The molecule has 161 valence electrons. The first kappa shape index (κ1) is 25.1. The topological polar surface area (TPSA) is 25.8 Å². The summed E-state index contributed by atoms with van der Waals surface area (Å²) in [4.78, 5) is 10.1. The van der Waals surface area contributed by atoms with Crippen LogP contribution in [0.15, 0.2) is 0 Å². The van der Waals surface area contributed by atoms with Gasteiger partial charge in [-0.2, -0.15) is 0 Å². The summed E-state index contributed by atoms with van der Waals surface area (Å²) < 4.78 is 0. The molecule has 0 unspecified atom stereocenters. The van der Waals surface area contributed by atoms with E-state index in [0.717, 1.165) is 37.9 Å². The van der Waals surface area contributed by atoms with Gasteiger partial charge in [0, 0.05) is 17.8 Å². The smallest absolute Gasteiger partial charge is 0.128 e. The van der Waals surface area contributed by atoms with Crippen molar-refractivity contribution in [3.8, 4) is 0 Å². The van der Waals surface area contributed by atoms with Crippen LogP contribution in [0.5, 0.6) is 0 Å². The Balaban J connectivity index is 2.96. The predicted molar refractivity (Wildman–Crippen MR) is 124 cm³/mol. The highest BCUT2D eigenvalue weighted by Crippen LogP contribution is 2.21. The summed E-state index contributed by atoms with van der Waals surface area (Å²) in [7, 11) is 0. The van der Waals surface area contributed by atoms with Crippen molar-refractivity contribution in [2.45, 2.75) is 136 Å². The van der Waals surface area contributed by atoms with Crippen LogP contribution >= 0.6 is 0 Å². The first-order chi connectivity index (χ1) is 13.8. The Morgan fingerprint density at radius 3 is 1.43 bits per heavy atom. The molecule has 0 aromatic carbocycles. The third-order valence-corrected chi connectivity index (χ3v) is 5.69. The van der Waals surface area contributed by atoms with E-state index in [1.165, 1.54) is 100 Å². The lowest BCUT2D eigenvalue weighted by Crippen LogP contribution is -2.11. The molecule has 0 fully saturated rings. The molecule has 1 aromatic rings. The van der Waals surface area contributed by atoms with Gasteiger partial charge in [0.1, 0.15) is 5.82 Å². The molecule has 0 N–H and O–H groups in total. The van der Waals surface area contributed by atoms with Gasteiger partial charge in [-0.15, -0.1) is 0 Å². The van der Waals surface area contributed by atoms with Gasteiger partial charge in [-0.25, -0.2) is 9.97 Å². The second-order valence-corrected chi connectivity index (χ2v) is 8.40. The fourth-order valence-corrected chi connectivity index (χ4v) is 3.90. The molecule has 0 saturated heterocycles. The van der Waals surface area contributed by atoms with Crippen LogP contribution in [0, 0.1) is 6.92 Å². The number of hydrogen-bond acceptors (Lipinski definition) is 2. The van der Waals surface area contributed by atoms with Gasteiger partial charge in [0.2, 0.25) is 0 Å². The van der Waals surface area contributed by atoms with Crippen LogP contribution < -0.4 is 0 Å². The Morgan fingerprint density at radius 2 is 1.00 bits per heavy atom. The molecule has 2 heteroatoms. The van der Waals surface area contributed by atoms with Gasteiger partial charge < -0.3 is 0 Å². The minimum Gasteiger partial charge on any atom is -0.238 e. The van der Waals surface area contributed by atoms with Gasteiger partial charge in [0.15, 0.2) is 0 Å². The standard InChI is InChI=1S/C26H47N2/c1-5-9-13-16-19-23-24(20-17-14-10-6-2)27-26(22-12-8-4)28-25(23)21-18-15-11-7-3/h4-22H2,1-3H3. The van der Waals surface area contributed by atoms with E-state index in [1.807, 2.05) is 0 Å². The number of nitrogens with zero attached hydrogens (tertiary/aromatic N) is 2. The van der Waals surface area contributed by atoms with E-state index < -0.39 is 0 Å². The van der Waals surface area contributed by atoms with Crippen molar-refractivity contribution in [2.24, 2.45) is 0 Å². The van der Waals surface area contributed by atoms with E-state index in [4.69, 9.17) is 9.97 Å². The Kier molecular flexibility index (Phi) is 15.2. The van der Waals surface area contributed by atoms with Gasteiger partial charge in [-0.05, 0) is 50.5 Å². The molecule has 0 aliphatic carbocycles. The first-order valence-electron chi connectivity index (χ1n) is 12.4. The number of aromatic nitrogens is 2. The maximum Gasteiger partial charge on any atom is 0.128 e. The fraction of sp³-hybridized carbons (Fsp3) is 0.808. The van der Waals surface area contributed by atoms with E-state index in [9.17, 15) is 0 Å². The van der Waals surface area contributed by atoms with Gasteiger partial charge in [-0.1, -0.05) is 91.9 Å². The zero-order valence-corrected chi connectivity index (χ0v) is 19.3. The van der Waals surface area contributed by atoms with Crippen LogP contribution in [0.3, 0.4) is 0 Å². The van der Waals surface area contributed by atoms with Gasteiger partial charge in [-0.3, -0.25) is 0 Å². The lowest BCUT2D eigenvalue weighted by molar-refractivity contribution is 0.618. The van der Waals surface area contributed by atoms with Crippen molar-refractivity contribution < 1.29 is 0 Å². The lowest BCUT2D eigenvalue weighted by atomic mass is 9.96. The normalized spacial score (nSPS) is 11.3. The Bertz CT molecular complexity index is 462. The molecule has 2 nitrogen and oxygen atoms in total. The van der Waals surface area contributed by atoms with E-state index in [0.29, 0.717) is 0 Å². The highest BCUT2D eigenvalue weighted by Gasteiger charge is 2.14. The monoisotopic (exact) mass is 387 g/mol. The predicted octanol–water partition coefficient (Wildman–Crippen LogP) is 8.00. The van der Waals surface area contributed by atoms with Crippen LogP contribution in [-0.2, 0) is 25.7 Å². The zero-order chi connectivity index (χ0) is 20.5. The lowest BCUT2D eigenvalue weighted by Gasteiger charge is -2.16. The second-order valence-electron chi connectivity index (χ2n) is 8.40. The molecule has 0 atom stereocenters. The van der Waals surface area contributed by atoms with Gasteiger partial charge >= 0.3 is 0 Å². The third-order valence-electron chi connectivity index (χ3n) is 5.69. The molecule has 1 aromatic heterocycles. The molecule has 0 bridgehead atoms. The minimum atomic E-state index is 0.972. The Morgan fingerprint density at radius 1 is 0.536 bits per heavy atom. The molecular weight excluding hydrogens is 340 g/mol. The molecule has 1 rings (SSSR count). The summed E-state index contributed by atoms with van der Waals surface area (Å²) in [6.45, 7) is 10.9. The summed E-state index contributed by atoms with van der Waals surface area (Å²) in [5, 5.41) is 0. The zero-order valence-electron chi connectivity index (χ0n) is 19.3. The average molecular weight is 388 g/mol. The summed E-state index contributed by atoms with van der Waals surface area (Å²) >= 11 is 0. The highest BCUT2D eigenvalue weighted by atomic mass is 14.9. The van der Waals surface area contributed by atoms with E-state index in [-0.39, 0.29) is 0 Å². The van der Waals surface area contributed by atoms with Gasteiger partial charge in [0.05, 0.1) is 0 Å². The van der Waals surface area contributed by atoms with Crippen molar-refractivity contribution in [1.29, 1.82) is 0 Å². The number of hydrogen-bond donors (Lipinski definition) is 0. The summed E-state index contributed by atoms with van der Waals surface area (Å²) in [6.07, 6.45) is 22.3. The van der Waals surface area contributed by atoms with Crippen LogP contribution in [0.2, 0.25) is 0 Å². The maximum atomic E-state index is 5.07. The van der Waals surface area contributed by atoms with Crippen LogP contribution in [0.4, 0.5) is 0 Å². The SMILES string of the molecule is [CH2]CCCc1nc(CCCCCC)c(CCCCCC)c(CCCCCC)n1. The Labute approximate surface area is 176 Å². The maximum absolute atomic E-state index is 5.07. The van der Waals surface area contributed by atoms with Crippen LogP contribution in [-0.4, -0.2) is 9.97 Å². The molecule has 28 heavy (non-hydrogen) atoms.